The van der Waals surface area contributed by atoms with Gasteiger partial charge in [0.1, 0.15) is 6.61 Å². The van der Waals surface area contributed by atoms with Gasteiger partial charge in [-0.05, 0) is 43.7 Å². The fourth-order valence-electron chi connectivity index (χ4n) is 2.64. The number of non-ortho nitro benzene ring substituents is 1. The highest BCUT2D eigenvalue weighted by Gasteiger charge is 2.20. The third-order valence-corrected chi connectivity index (χ3v) is 4.19. The molecule has 0 saturated carbocycles. The molecule has 0 amide bonds. The van der Waals surface area contributed by atoms with Crippen molar-refractivity contribution in [3.8, 4) is 11.4 Å². The molecule has 0 radical (unpaired) electrons. The van der Waals surface area contributed by atoms with E-state index in [1.165, 1.54) is 30.3 Å². The van der Waals surface area contributed by atoms with Crippen molar-refractivity contribution in [2.45, 2.75) is 20.5 Å². The summed E-state index contributed by atoms with van der Waals surface area (Å²) in [6, 6.07) is 14.0. The molecule has 30 heavy (non-hydrogen) atoms. The predicted molar refractivity (Wildman–Crippen MR) is 108 cm³/mol. The van der Waals surface area contributed by atoms with Gasteiger partial charge in [-0.1, -0.05) is 17.7 Å². The van der Waals surface area contributed by atoms with Crippen LogP contribution in [0.15, 0.2) is 59.4 Å². The minimum absolute atomic E-state index is 0.0138. The molecule has 154 valence electrons. The van der Waals surface area contributed by atoms with Crippen molar-refractivity contribution in [1.82, 2.24) is 9.78 Å². The van der Waals surface area contributed by atoms with E-state index in [4.69, 9.17) is 9.47 Å². The first-order valence-corrected chi connectivity index (χ1v) is 9.13. The number of ether oxygens (including phenoxy) is 2. The van der Waals surface area contributed by atoms with Crippen LogP contribution in [-0.4, -0.2) is 27.3 Å². The zero-order chi connectivity index (χ0) is 21.7. The molecule has 9 nitrogen and oxygen atoms in total. The first-order chi connectivity index (χ1) is 14.4. The van der Waals surface area contributed by atoms with E-state index in [0.717, 1.165) is 10.2 Å². The van der Waals surface area contributed by atoms with Gasteiger partial charge >= 0.3 is 5.97 Å². The molecule has 3 rings (SSSR count). The van der Waals surface area contributed by atoms with Gasteiger partial charge in [0, 0.05) is 12.1 Å². The van der Waals surface area contributed by atoms with Crippen LogP contribution in [0.1, 0.15) is 28.5 Å². The number of rotatable bonds is 7. The van der Waals surface area contributed by atoms with E-state index in [2.05, 4.69) is 5.10 Å². The Morgan fingerprint density at radius 2 is 1.80 bits per heavy atom. The predicted octanol–water partition coefficient (Wildman–Crippen LogP) is 3.20. The van der Waals surface area contributed by atoms with Gasteiger partial charge in [-0.2, -0.15) is 9.78 Å². The third-order valence-electron chi connectivity index (χ3n) is 4.19. The summed E-state index contributed by atoms with van der Waals surface area (Å²) in [5.41, 5.74) is 1.47. The molecule has 3 aromatic rings. The highest BCUT2D eigenvalue weighted by atomic mass is 16.6. The zero-order valence-corrected chi connectivity index (χ0v) is 16.4. The normalized spacial score (nSPS) is 10.5. The maximum atomic E-state index is 12.6. The molecule has 0 aliphatic carbocycles. The summed E-state index contributed by atoms with van der Waals surface area (Å²) in [6.45, 7) is 3.69. The lowest BCUT2D eigenvalue weighted by atomic mass is 10.2. The van der Waals surface area contributed by atoms with Crippen molar-refractivity contribution < 1.29 is 19.2 Å². The standard InChI is InChI=1S/C21H19N3O6/c1-3-29-21(26)20-18(30-13-15-6-10-17(11-7-15)24(27)28)12-19(25)23(22-20)16-8-4-14(2)5-9-16/h4-12H,3,13H2,1-2H3. The maximum Gasteiger partial charge on any atom is 0.362 e. The summed E-state index contributed by atoms with van der Waals surface area (Å²) >= 11 is 0. The van der Waals surface area contributed by atoms with Gasteiger partial charge in [0.05, 0.1) is 23.3 Å². The second-order valence-corrected chi connectivity index (χ2v) is 6.38. The Labute approximate surface area is 171 Å². The molecule has 0 saturated heterocycles. The summed E-state index contributed by atoms with van der Waals surface area (Å²) in [5.74, 6) is -0.753. The molecule has 1 aromatic heterocycles. The van der Waals surface area contributed by atoms with Crippen LogP contribution in [0, 0.1) is 17.0 Å². The molecule has 0 spiro atoms. The molecule has 9 heteroatoms. The van der Waals surface area contributed by atoms with Crippen molar-refractivity contribution in [2.75, 3.05) is 6.61 Å². The second-order valence-electron chi connectivity index (χ2n) is 6.38. The summed E-state index contributed by atoms with van der Waals surface area (Å²) in [7, 11) is 0. The van der Waals surface area contributed by atoms with Crippen LogP contribution in [-0.2, 0) is 11.3 Å². The highest BCUT2D eigenvalue weighted by molar-refractivity contribution is 5.90. The van der Waals surface area contributed by atoms with Crippen molar-refractivity contribution in [3.05, 3.63) is 91.9 Å². The van der Waals surface area contributed by atoms with E-state index in [1.807, 2.05) is 19.1 Å². The third kappa shape index (κ3) is 4.69. The number of benzene rings is 2. The van der Waals surface area contributed by atoms with Gasteiger partial charge < -0.3 is 9.47 Å². The van der Waals surface area contributed by atoms with E-state index in [9.17, 15) is 19.7 Å². The molecule has 2 aromatic carbocycles. The summed E-state index contributed by atoms with van der Waals surface area (Å²) in [5, 5.41) is 14.9. The van der Waals surface area contributed by atoms with E-state index in [-0.39, 0.29) is 30.3 Å². The van der Waals surface area contributed by atoms with Crippen molar-refractivity contribution in [3.63, 3.8) is 0 Å². The molecular weight excluding hydrogens is 390 g/mol. The van der Waals surface area contributed by atoms with E-state index in [1.54, 1.807) is 19.1 Å². The van der Waals surface area contributed by atoms with Crippen LogP contribution in [0.4, 0.5) is 5.69 Å². The first kappa shape index (κ1) is 20.7. The van der Waals surface area contributed by atoms with Crippen LogP contribution in [0.2, 0.25) is 0 Å². The number of carbonyl (C=O) groups is 1. The van der Waals surface area contributed by atoms with Gasteiger partial charge in [0.15, 0.2) is 5.75 Å². The van der Waals surface area contributed by atoms with E-state index < -0.39 is 16.5 Å². The first-order valence-electron chi connectivity index (χ1n) is 9.13. The topological polar surface area (TPSA) is 114 Å². The van der Waals surface area contributed by atoms with Crippen LogP contribution in [0.5, 0.6) is 5.75 Å². The molecule has 0 atom stereocenters. The number of hydrogen-bond donors (Lipinski definition) is 0. The number of esters is 1. The Morgan fingerprint density at radius 1 is 1.13 bits per heavy atom. The zero-order valence-electron chi connectivity index (χ0n) is 16.4. The van der Waals surface area contributed by atoms with Crippen LogP contribution < -0.4 is 10.3 Å². The molecule has 0 aliphatic heterocycles. The van der Waals surface area contributed by atoms with E-state index in [0.29, 0.717) is 11.3 Å². The number of carbonyl (C=O) groups excluding carboxylic acids is 1. The van der Waals surface area contributed by atoms with Gasteiger partial charge in [-0.25, -0.2) is 4.79 Å². The largest absolute Gasteiger partial charge is 0.486 e. The molecule has 0 unspecified atom stereocenters. The van der Waals surface area contributed by atoms with Gasteiger partial charge in [-0.3, -0.25) is 14.9 Å². The molecular formula is C21H19N3O6. The Balaban J connectivity index is 1.93. The molecule has 0 aliphatic rings. The average molecular weight is 409 g/mol. The smallest absolute Gasteiger partial charge is 0.362 e. The minimum Gasteiger partial charge on any atom is -0.486 e. The fourth-order valence-corrected chi connectivity index (χ4v) is 2.64. The van der Waals surface area contributed by atoms with Crippen molar-refractivity contribution in [1.29, 1.82) is 0 Å². The number of aryl methyl sites for hydroxylation is 1. The molecule has 0 N–H and O–H groups in total. The number of hydrogen-bond acceptors (Lipinski definition) is 7. The number of nitrogens with zero attached hydrogens (tertiary/aromatic N) is 3. The Hall–Kier alpha value is -4.01. The number of aromatic nitrogens is 2. The average Bonchev–Trinajstić information content (AvgIpc) is 2.73. The lowest BCUT2D eigenvalue weighted by molar-refractivity contribution is -0.384. The minimum atomic E-state index is -0.725. The Morgan fingerprint density at radius 3 is 2.40 bits per heavy atom. The summed E-state index contributed by atoms with van der Waals surface area (Å²) in [4.78, 5) is 35.2. The second kappa shape index (κ2) is 8.99. The number of nitro groups is 1. The van der Waals surface area contributed by atoms with E-state index >= 15 is 0 Å². The SMILES string of the molecule is CCOC(=O)c1nn(-c2ccc(C)cc2)c(=O)cc1OCc1ccc([N+](=O)[O-])cc1. The van der Waals surface area contributed by atoms with Crippen molar-refractivity contribution >= 4 is 11.7 Å². The maximum absolute atomic E-state index is 12.6. The Kier molecular flexibility index (Phi) is 6.21. The monoisotopic (exact) mass is 409 g/mol. The van der Waals surface area contributed by atoms with Crippen LogP contribution >= 0.6 is 0 Å². The molecule has 0 bridgehead atoms. The quantitative estimate of drug-likeness (QED) is 0.334. The van der Waals surface area contributed by atoms with Crippen LogP contribution in [0.3, 0.4) is 0 Å². The summed E-state index contributed by atoms with van der Waals surface area (Å²) in [6.07, 6.45) is 0. The van der Waals surface area contributed by atoms with Gasteiger partial charge in [0.25, 0.3) is 11.2 Å². The summed E-state index contributed by atoms with van der Waals surface area (Å²) < 4.78 is 11.8. The Bertz CT molecular complexity index is 1120. The molecule has 0 fully saturated rings. The van der Waals surface area contributed by atoms with Gasteiger partial charge in [-0.15, -0.1) is 0 Å². The fraction of sp³-hybridized carbons (Fsp3) is 0.190. The number of nitro benzene ring substituents is 1. The lowest BCUT2D eigenvalue weighted by Gasteiger charge is -2.12. The van der Waals surface area contributed by atoms with Crippen LogP contribution in [0.25, 0.3) is 5.69 Å². The highest BCUT2D eigenvalue weighted by Crippen LogP contribution is 2.19. The molecule has 1 heterocycles. The lowest BCUT2D eigenvalue weighted by Crippen LogP contribution is -2.25. The van der Waals surface area contributed by atoms with Crippen molar-refractivity contribution in [2.24, 2.45) is 0 Å². The van der Waals surface area contributed by atoms with Gasteiger partial charge in [0.2, 0.25) is 5.69 Å².